The van der Waals surface area contributed by atoms with Gasteiger partial charge in [-0.3, -0.25) is 10.7 Å². The van der Waals surface area contributed by atoms with Crippen LogP contribution in [-0.4, -0.2) is 40.4 Å². The molecule has 4 nitrogen and oxygen atoms in total. The third kappa shape index (κ3) is 1.59. The van der Waals surface area contributed by atoms with Crippen molar-refractivity contribution in [2.45, 2.75) is 25.8 Å². The minimum atomic E-state index is -0.485. The summed E-state index contributed by atoms with van der Waals surface area (Å²) in [5, 5.41) is 10.8. The molecule has 2 N–H and O–H groups in total. The van der Waals surface area contributed by atoms with Crippen molar-refractivity contribution in [1.29, 1.82) is 5.41 Å². The van der Waals surface area contributed by atoms with Gasteiger partial charge in [0.25, 0.3) is 0 Å². The zero-order valence-corrected chi connectivity index (χ0v) is 11.2. The molecule has 0 bridgehead atoms. The largest absolute Gasteiger partial charge is 0.323 e. The van der Waals surface area contributed by atoms with E-state index in [1.807, 2.05) is 11.8 Å². The summed E-state index contributed by atoms with van der Waals surface area (Å²) in [6.45, 7) is 8.51. The van der Waals surface area contributed by atoms with E-state index >= 15 is 0 Å². The fourth-order valence-electron chi connectivity index (χ4n) is 2.76. The molecule has 2 aliphatic rings. The number of rotatable bonds is 2. The third-order valence-corrected chi connectivity index (χ3v) is 5.08. The molecule has 94 valence electrons. The molecule has 0 aliphatic carbocycles. The Balaban J connectivity index is 2.46. The second-order valence-corrected chi connectivity index (χ2v) is 6.36. The van der Waals surface area contributed by atoms with Gasteiger partial charge in [-0.15, -0.1) is 6.58 Å². The van der Waals surface area contributed by atoms with E-state index in [9.17, 15) is 4.79 Å². The molecule has 0 saturated carbocycles. The number of nitrogens with zero attached hydrogens (tertiary/aromatic N) is 1. The van der Waals surface area contributed by atoms with Crippen molar-refractivity contribution in [3.8, 4) is 0 Å². The fraction of sp³-hybridized carbons (Fsp3) is 0.667. The second-order valence-electron chi connectivity index (χ2n) is 5.25. The number of carbonyl (C=O) groups excluding carboxylic acids is 1. The minimum Gasteiger partial charge on any atom is -0.307 e. The Morgan fingerprint density at radius 2 is 2.35 bits per heavy atom. The molecule has 2 rings (SSSR count). The lowest BCUT2D eigenvalue weighted by atomic mass is 9.69. The standard InChI is InChI=1S/C12H19N3OS/c1-4-6-15-10(16)14-9(13)12(15)8-17-7-5-11(12,2)3/h4H,1,5-8H2,2-3H3,(H2,13,14,16). The summed E-state index contributed by atoms with van der Waals surface area (Å²) >= 11 is 1.82. The topological polar surface area (TPSA) is 56.2 Å². The van der Waals surface area contributed by atoms with Crippen LogP contribution in [0.4, 0.5) is 4.79 Å². The first-order valence-corrected chi connectivity index (χ1v) is 6.97. The number of amides is 2. The van der Waals surface area contributed by atoms with Crippen LogP contribution in [0.15, 0.2) is 12.7 Å². The first kappa shape index (κ1) is 12.5. The van der Waals surface area contributed by atoms with E-state index in [4.69, 9.17) is 5.41 Å². The third-order valence-electron chi connectivity index (χ3n) is 3.97. The lowest BCUT2D eigenvalue weighted by Gasteiger charge is -2.50. The van der Waals surface area contributed by atoms with Gasteiger partial charge in [0.15, 0.2) is 0 Å². The number of amidine groups is 1. The Bertz CT molecular complexity index is 380. The van der Waals surface area contributed by atoms with Crippen LogP contribution < -0.4 is 5.32 Å². The maximum atomic E-state index is 12.0. The monoisotopic (exact) mass is 253 g/mol. The van der Waals surface area contributed by atoms with Gasteiger partial charge in [0.1, 0.15) is 11.4 Å². The van der Waals surface area contributed by atoms with Gasteiger partial charge >= 0.3 is 6.03 Å². The number of carbonyl (C=O) groups is 1. The number of hydrogen-bond acceptors (Lipinski definition) is 3. The van der Waals surface area contributed by atoms with E-state index in [0.29, 0.717) is 12.4 Å². The van der Waals surface area contributed by atoms with E-state index in [1.165, 1.54) is 0 Å². The maximum absolute atomic E-state index is 12.0. The van der Waals surface area contributed by atoms with E-state index < -0.39 is 5.54 Å². The SMILES string of the molecule is C=CCN1C(=O)NC(=N)C12CSCCC2(C)C. The summed E-state index contributed by atoms with van der Waals surface area (Å²) in [4.78, 5) is 13.7. The molecule has 2 heterocycles. The fourth-order valence-corrected chi connectivity index (χ4v) is 4.54. The molecule has 5 heteroatoms. The first-order valence-electron chi connectivity index (χ1n) is 5.82. The average Bonchev–Trinajstić information content (AvgIpc) is 2.48. The Morgan fingerprint density at radius 3 is 2.94 bits per heavy atom. The van der Waals surface area contributed by atoms with Crippen LogP contribution >= 0.6 is 11.8 Å². The molecule has 0 radical (unpaired) electrons. The quantitative estimate of drug-likeness (QED) is 0.740. The van der Waals surface area contributed by atoms with Crippen molar-refractivity contribution in [1.82, 2.24) is 10.2 Å². The lowest BCUT2D eigenvalue weighted by molar-refractivity contribution is 0.0988. The van der Waals surface area contributed by atoms with Crippen LogP contribution in [0, 0.1) is 10.8 Å². The zero-order chi connectivity index (χ0) is 12.7. The summed E-state index contributed by atoms with van der Waals surface area (Å²) in [6.07, 6.45) is 2.75. The summed E-state index contributed by atoms with van der Waals surface area (Å²) < 4.78 is 0. The molecule has 2 fully saturated rings. The zero-order valence-electron chi connectivity index (χ0n) is 10.4. The molecule has 2 aliphatic heterocycles. The van der Waals surface area contributed by atoms with Gasteiger partial charge in [-0.05, 0) is 17.6 Å². The van der Waals surface area contributed by atoms with Crippen molar-refractivity contribution < 1.29 is 4.79 Å². The highest BCUT2D eigenvalue weighted by Gasteiger charge is 2.59. The van der Waals surface area contributed by atoms with Crippen molar-refractivity contribution in [3.05, 3.63) is 12.7 Å². The van der Waals surface area contributed by atoms with Crippen LogP contribution in [0.5, 0.6) is 0 Å². The molecule has 1 unspecified atom stereocenters. The van der Waals surface area contributed by atoms with Gasteiger partial charge in [0.2, 0.25) is 0 Å². The van der Waals surface area contributed by atoms with Crippen LogP contribution in [0.25, 0.3) is 0 Å². The van der Waals surface area contributed by atoms with Gasteiger partial charge in [-0.1, -0.05) is 19.9 Å². The number of thioether (sulfide) groups is 1. The highest BCUT2D eigenvalue weighted by atomic mass is 32.2. The molecule has 2 amide bonds. The van der Waals surface area contributed by atoms with Crippen molar-refractivity contribution in [2.75, 3.05) is 18.1 Å². The van der Waals surface area contributed by atoms with Crippen LogP contribution in [0.3, 0.4) is 0 Å². The Hall–Kier alpha value is -0.970. The predicted molar refractivity (Wildman–Crippen MR) is 71.6 cm³/mol. The first-order chi connectivity index (χ1) is 7.95. The lowest BCUT2D eigenvalue weighted by Crippen LogP contribution is -2.63. The molecule has 1 atom stereocenters. The average molecular weight is 253 g/mol. The van der Waals surface area contributed by atoms with E-state index in [1.54, 1.807) is 11.0 Å². The van der Waals surface area contributed by atoms with Crippen LogP contribution in [-0.2, 0) is 0 Å². The van der Waals surface area contributed by atoms with Crippen LogP contribution in [0.2, 0.25) is 0 Å². The summed E-state index contributed by atoms with van der Waals surface area (Å²) in [5.41, 5.74) is -0.557. The molecule has 0 aromatic rings. The maximum Gasteiger partial charge on any atom is 0.323 e. The highest BCUT2D eigenvalue weighted by molar-refractivity contribution is 7.99. The molecular formula is C12H19N3OS. The smallest absolute Gasteiger partial charge is 0.307 e. The minimum absolute atomic E-state index is 0.0719. The van der Waals surface area contributed by atoms with E-state index in [0.717, 1.165) is 17.9 Å². The normalized spacial score (nSPS) is 31.8. The van der Waals surface area contributed by atoms with E-state index in [-0.39, 0.29) is 11.4 Å². The molecule has 0 aromatic carbocycles. The summed E-state index contributed by atoms with van der Waals surface area (Å²) in [5.74, 6) is 2.24. The van der Waals surface area contributed by atoms with Gasteiger partial charge in [0.05, 0.1) is 0 Å². The molecule has 2 saturated heterocycles. The summed E-state index contributed by atoms with van der Waals surface area (Å²) in [7, 11) is 0. The van der Waals surface area contributed by atoms with Gasteiger partial charge in [-0.25, -0.2) is 4.79 Å². The van der Waals surface area contributed by atoms with Gasteiger partial charge in [-0.2, -0.15) is 11.8 Å². The van der Waals surface area contributed by atoms with Crippen molar-refractivity contribution >= 4 is 23.6 Å². The van der Waals surface area contributed by atoms with Gasteiger partial charge < -0.3 is 4.90 Å². The van der Waals surface area contributed by atoms with E-state index in [2.05, 4.69) is 25.7 Å². The Morgan fingerprint density at radius 1 is 1.65 bits per heavy atom. The Labute approximate surface area is 106 Å². The molecule has 17 heavy (non-hydrogen) atoms. The molecule has 0 aromatic heterocycles. The second kappa shape index (κ2) is 4.05. The number of hydrogen-bond donors (Lipinski definition) is 2. The predicted octanol–water partition coefficient (Wildman–Crippen LogP) is 2.08. The summed E-state index contributed by atoms with van der Waals surface area (Å²) in [6, 6.07) is -0.162. The molecular weight excluding hydrogens is 234 g/mol. The molecule has 1 spiro atoms. The van der Waals surface area contributed by atoms with Crippen molar-refractivity contribution in [3.63, 3.8) is 0 Å². The Kier molecular flexibility index (Phi) is 2.97. The number of urea groups is 1. The van der Waals surface area contributed by atoms with Crippen LogP contribution in [0.1, 0.15) is 20.3 Å². The van der Waals surface area contributed by atoms with Gasteiger partial charge in [0, 0.05) is 12.3 Å². The van der Waals surface area contributed by atoms with Crippen molar-refractivity contribution in [2.24, 2.45) is 5.41 Å². The highest BCUT2D eigenvalue weighted by Crippen LogP contribution is 2.48. The number of nitrogens with one attached hydrogen (secondary N) is 2.